The van der Waals surface area contributed by atoms with Crippen LogP contribution < -0.4 is 5.32 Å². The first kappa shape index (κ1) is 16.1. The zero-order valence-electron chi connectivity index (χ0n) is 14.4. The van der Waals surface area contributed by atoms with Gasteiger partial charge >= 0.3 is 0 Å². The molecule has 1 aliphatic rings. The second-order valence-electron chi connectivity index (χ2n) is 6.34. The number of aliphatic imine (C=N–C) groups is 1. The molecule has 1 aliphatic heterocycles. The average molecular weight is 353 g/mol. The molecule has 1 saturated heterocycles. The standard InChI is InChI=1S/C19H23N5S/c1-2-20-18(21-12-17-14-24-10-11-25-19(24)22-17)23-9-8-16(13-23)15-6-4-3-5-7-15/h3-7,10-11,14,16H,2,8-9,12-13H2,1H3,(H,20,21). The maximum atomic E-state index is 4.83. The zero-order valence-corrected chi connectivity index (χ0v) is 15.2. The number of thiazole rings is 1. The van der Waals surface area contributed by atoms with E-state index in [0.717, 1.165) is 36.2 Å². The van der Waals surface area contributed by atoms with Crippen molar-refractivity contribution in [1.29, 1.82) is 0 Å². The fourth-order valence-corrected chi connectivity index (χ4v) is 4.10. The Labute approximate surface area is 152 Å². The molecule has 0 radical (unpaired) electrons. The molecule has 0 aliphatic carbocycles. The Morgan fingerprint density at radius 3 is 3.04 bits per heavy atom. The highest BCUT2D eigenvalue weighted by atomic mass is 32.1. The summed E-state index contributed by atoms with van der Waals surface area (Å²) in [5.41, 5.74) is 2.44. The van der Waals surface area contributed by atoms with Gasteiger partial charge in [0.05, 0.1) is 12.2 Å². The minimum Gasteiger partial charge on any atom is -0.357 e. The van der Waals surface area contributed by atoms with E-state index in [0.29, 0.717) is 12.5 Å². The maximum absolute atomic E-state index is 4.83. The summed E-state index contributed by atoms with van der Waals surface area (Å²) in [6, 6.07) is 10.8. The molecule has 6 heteroatoms. The summed E-state index contributed by atoms with van der Waals surface area (Å²) in [4.78, 5) is 12.9. The summed E-state index contributed by atoms with van der Waals surface area (Å²) < 4.78 is 2.06. The van der Waals surface area contributed by atoms with Crippen molar-refractivity contribution in [2.24, 2.45) is 4.99 Å². The summed E-state index contributed by atoms with van der Waals surface area (Å²) in [5, 5.41) is 5.49. The van der Waals surface area contributed by atoms with Gasteiger partial charge in [-0.1, -0.05) is 30.3 Å². The van der Waals surface area contributed by atoms with E-state index in [-0.39, 0.29) is 0 Å². The Bertz CT molecular complexity index is 822. The highest BCUT2D eigenvalue weighted by Crippen LogP contribution is 2.27. The van der Waals surface area contributed by atoms with Crippen LogP contribution in [0.25, 0.3) is 4.96 Å². The molecule has 0 amide bonds. The Morgan fingerprint density at radius 1 is 1.36 bits per heavy atom. The normalized spacial score (nSPS) is 18.2. The van der Waals surface area contributed by atoms with Crippen molar-refractivity contribution in [3.63, 3.8) is 0 Å². The van der Waals surface area contributed by atoms with Gasteiger partial charge in [0, 0.05) is 43.3 Å². The van der Waals surface area contributed by atoms with Crippen molar-refractivity contribution >= 4 is 22.3 Å². The fourth-order valence-electron chi connectivity index (χ4n) is 3.38. The topological polar surface area (TPSA) is 44.9 Å². The molecular formula is C19H23N5S. The molecule has 1 aromatic carbocycles. The van der Waals surface area contributed by atoms with Gasteiger partial charge in [-0.15, -0.1) is 11.3 Å². The van der Waals surface area contributed by atoms with Crippen LogP contribution in [0.5, 0.6) is 0 Å². The first-order valence-corrected chi connectivity index (χ1v) is 9.70. The summed E-state index contributed by atoms with van der Waals surface area (Å²) in [5.74, 6) is 1.58. The monoisotopic (exact) mass is 353 g/mol. The quantitative estimate of drug-likeness (QED) is 0.578. The van der Waals surface area contributed by atoms with Crippen LogP contribution in [-0.4, -0.2) is 39.9 Å². The second kappa shape index (κ2) is 7.27. The number of guanidine groups is 1. The molecule has 5 nitrogen and oxygen atoms in total. The maximum Gasteiger partial charge on any atom is 0.194 e. The summed E-state index contributed by atoms with van der Waals surface area (Å²) in [6.45, 7) is 5.68. The van der Waals surface area contributed by atoms with Crippen LogP contribution in [0.2, 0.25) is 0 Å². The number of imidazole rings is 1. The number of nitrogens with one attached hydrogen (secondary N) is 1. The van der Waals surface area contributed by atoms with Gasteiger partial charge in [-0.3, -0.25) is 4.40 Å². The third-order valence-corrected chi connectivity index (χ3v) is 5.40. The third kappa shape index (κ3) is 3.54. The first-order chi connectivity index (χ1) is 12.3. The number of benzene rings is 1. The Hall–Kier alpha value is -2.34. The van der Waals surface area contributed by atoms with Crippen molar-refractivity contribution in [3.05, 3.63) is 59.4 Å². The number of nitrogens with zero attached hydrogens (tertiary/aromatic N) is 4. The molecule has 1 fully saturated rings. The Morgan fingerprint density at radius 2 is 2.24 bits per heavy atom. The van der Waals surface area contributed by atoms with Crippen LogP contribution in [0.3, 0.4) is 0 Å². The zero-order chi connectivity index (χ0) is 17.1. The van der Waals surface area contributed by atoms with Crippen molar-refractivity contribution < 1.29 is 0 Å². The summed E-state index contributed by atoms with van der Waals surface area (Å²) in [7, 11) is 0. The molecule has 25 heavy (non-hydrogen) atoms. The molecule has 0 saturated carbocycles. The number of hydrogen-bond acceptors (Lipinski definition) is 3. The lowest BCUT2D eigenvalue weighted by Crippen LogP contribution is -2.40. The van der Waals surface area contributed by atoms with Crippen molar-refractivity contribution in [1.82, 2.24) is 19.6 Å². The van der Waals surface area contributed by atoms with Crippen LogP contribution >= 0.6 is 11.3 Å². The number of likely N-dealkylation sites (tertiary alicyclic amines) is 1. The van der Waals surface area contributed by atoms with Crippen LogP contribution in [0.4, 0.5) is 0 Å². The average Bonchev–Trinajstić information content (AvgIpc) is 3.35. The Balaban J connectivity index is 1.46. The predicted molar refractivity (Wildman–Crippen MR) is 103 cm³/mol. The second-order valence-corrected chi connectivity index (χ2v) is 7.21. The number of aromatic nitrogens is 2. The third-order valence-electron chi connectivity index (χ3n) is 4.63. The van der Waals surface area contributed by atoms with E-state index >= 15 is 0 Å². The molecular weight excluding hydrogens is 330 g/mol. The van der Waals surface area contributed by atoms with E-state index in [4.69, 9.17) is 4.99 Å². The van der Waals surface area contributed by atoms with Crippen molar-refractivity contribution in [2.45, 2.75) is 25.8 Å². The van der Waals surface area contributed by atoms with Gasteiger partial charge in [0.15, 0.2) is 10.9 Å². The van der Waals surface area contributed by atoms with Gasteiger partial charge < -0.3 is 10.2 Å². The lowest BCUT2D eigenvalue weighted by atomic mass is 9.99. The van der Waals surface area contributed by atoms with Crippen molar-refractivity contribution in [3.8, 4) is 0 Å². The van der Waals surface area contributed by atoms with Crippen LogP contribution in [0.1, 0.15) is 30.5 Å². The molecule has 1 unspecified atom stereocenters. The van der Waals surface area contributed by atoms with Gasteiger partial charge in [0.25, 0.3) is 0 Å². The number of fused-ring (bicyclic) bond motifs is 1. The van der Waals surface area contributed by atoms with Gasteiger partial charge in [-0.25, -0.2) is 9.98 Å². The summed E-state index contributed by atoms with van der Waals surface area (Å²) in [6.07, 6.45) is 5.28. The van der Waals surface area contributed by atoms with Crippen molar-refractivity contribution in [2.75, 3.05) is 19.6 Å². The SMILES string of the molecule is CCNC(=NCc1cn2ccsc2n1)N1CCC(c2ccccc2)C1. The van der Waals surface area contributed by atoms with Gasteiger partial charge in [-0.05, 0) is 18.9 Å². The predicted octanol–water partition coefficient (Wildman–Crippen LogP) is 3.35. The van der Waals surface area contributed by atoms with E-state index < -0.39 is 0 Å². The molecule has 0 bridgehead atoms. The molecule has 0 spiro atoms. The smallest absolute Gasteiger partial charge is 0.194 e. The molecule has 130 valence electrons. The van der Waals surface area contributed by atoms with E-state index in [1.165, 1.54) is 12.0 Å². The van der Waals surface area contributed by atoms with Gasteiger partial charge in [0.1, 0.15) is 0 Å². The van der Waals surface area contributed by atoms with Crippen LogP contribution in [0, 0.1) is 0 Å². The molecule has 1 N–H and O–H groups in total. The van der Waals surface area contributed by atoms with E-state index in [1.54, 1.807) is 11.3 Å². The number of rotatable bonds is 4. The molecule has 2 aromatic heterocycles. The lowest BCUT2D eigenvalue weighted by Gasteiger charge is -2.21. The van der Waals surface area contributed by atoms with Crippen LogP contribution in [0.15, 0.2) is 53.1 Å². The fraction of sp³-hybridized carbons (Fsp3) is 0.368. The van der Waals surface area contributed by atoms with E-state index in [1.807, 2.05) is 11.6 Å². The minimum absolute atomic E-state index is 0.586. The van der Waals surface area contributed by atoms with Crippen LogP contribution in [-0.2, 0) is 6.54 Å². The molecule has 3 aromatic rings. The van der Waals surface area contributed by atoms with E-state index in [9.17, 15) is 0 Å². The lowest BCUT2D eigenvalue weighted by molar-refractivity contribution is 0.486. The molecule has 3 heterocycles. The molecule has 4 rings (SSSR count). The Kier molecular flexibility index (Phi) is 4.70. The largest absolute Gasteiger partial charge is 0.357 e. The highest BCUT2D eigenvalue weighted by molar-refractivity contribution is 7.15. The van der Waals surface area contributed by atoms with E-state index in [2.05, 4.69) is 63.1 Å². The minimum atomic E-state index is 0.586. The van der Waals surface area contributed by atoms with Gasteiger partial charge in [-0.2, -0.15) is 0 Å². The highest BCUT2D eigenvalue weighted by Gasteiger charge is 2.25. The first-order valence-electron chi connectivity index (χ1n) is 8.83. The molecule has 1 atom stereocenters. The van der Waals surface area contributed by atoms with Gasteiger partial charge in [0.2, 0.25) is 0 Å². The number of hydrogen-bond donors (Lipinski definition) is 1. The summed E-state index contributed by atoms with van der Waals surface area (Å²) >= 11 is 1.65.